The minimum atomic E-state index is 0.210. The minimum Gasteiger partial charge on any atom is -0.370 e. The standard InChI is InChI=1S/C16H33N5/c1-4-9-20-10-7-16(8-11-20)14-18-15(17)21(16)13-12-19(5-2)6-3/h4-14H2,1-3H3,(H2,17,18). The Bertz CT molecular complexity index is 343. The van der Waals surface area contributed by atoms with Crippen LogP contribution in [0.4, 0.5) is 0 Å². The normalized spacial score (nSPS) is 22.3. The molecule has 0 unspecified atom stereocenters. The SMILES string of the molecule is CCCN1CCC2(CC1)CN=C(N)N2CCN(CC)CC. The van der Waals surface area contributed by atoms with Crippen molar-refractivity contribution in [2.45, 2.75) is 45.6 Å². The molecule has 5 heteroatoms. The van der Waals surface area contributed by atoms with Crippen LogP contribution in [-0.4, -0.2) is 78.6 Å². The number of hydrogen-bond acceptors (Lipinski definition) is 5. The second-order valence-corrected chi connectivity index (χ2v) is 6.42. The summed E-state index contributed by atoms with van der Waals surface area (Å²) in [5, 5.41) is 0. The maximum atomic E-state index is 6.19. The van der Waals surface area contributed by atoms with Crippen LogP contribution in [0.15, 0.2) is 4.99 Å². The second kappa shape index (κ2) is 7.45. The summed E-state index contributed by atoms with van der Waals surface area (Å²) < 4.78 is 0. The van der Waals surface area contributed by atoms with E-state index in [0.29, 0.717) is 0 Å². The van der Waals surface area contributed by atoms with Gasteiger partial charge in [0.05, 0.1) is 12.1 Å². The van der Waals surface area contributed by atoms with Gasteiger partial charge in [0.15, 0.2) is 5.96 Å². The molecule has 1 spiro atoms. The third kappa shape index (κ3) is 3.69. The Morgan fingerprint density at radius 2 is 1.81 bits per heavy atom. The van der Waals surface area contributed by atoms with Gasteiger partial charge < -0.3 is 20.4 Å². The summed E-state index contributed by atoms with van der Waals surface area (Å²) in [6.07, 6.45) is 3.65. The highest BCUT2D eigenvalue weighted by molar-refractivity contribution is 5.81. The van der Waals surface area contributed by atoms with Crippen LogP contribution >= 0.6 is 0 Å². The number of nitrogens with zero attached hydrogens (tertiary/aromatic N) is 4. The van der Waals surface area contributed by atoms with Gasteiger partial charge in [-0.3, -0.25) is 4.99 Å². The van der Waals surface area contributed by atoms with Gasteiger partial charge in [0.2, 0.25) is 0 Å². The third-order valence-corrected chi connectivity index (χ3v) is 5.25. The summed E-state index contributed by atoms with van der Waals surface area (Å²) in [4.78, 5) is 12.0. The Morgan fingerprint density at radius 1 is 1.14 bits per heavy atom. The monoisotopic (exact) mass is 295 g/mol. The predicted octanol–water partition coefficient (Wildman–Crippen LogP) is 1.20. The number of hydrogen-bond donors (Lipinski definition) is 1. The van der Waals surface area contributed by atoms with Crippen LogP contribution in [0.3, 0.4) is 0 Å². The second-order valence-electron chi connectivity index (χ2n) is 6.42. The Labute approximate surface area is 130 Å². The van der Waals surface area contributed by atoms with Crippen molar-refractivity contribution in [3.05, 3.63) is 0 Å². The summed E-state index contributed by atoms with van der Waals surface area (Å²) in [7, 11) is 0. The molecular weight excluding hydrogens is 262 g/mol. The zero-order chi connectivity index (χ0) is 15.3. The lowest BCUT2D eigenvalue weighted by Gasteiger charge is -2.45. The van der Waals surface area contributed by atoms with E-state index in [1.807, 2.05) is 0 Å². The largest absolute Gasteiger partial charge is 0.370 e. The van der Waals surface area contributed by atoms with Crippen molar-refractivity contribution in [3.8, 4) is 0 Å². The summed E-state index contributed by atoms with van der Waals surface area (Å²) in [5.41, 5.74) is 6.40. The lowest BCUT2D eigenvalue weighted by Crippen LogP contribution is -2.58. The van der Waals surface area contributed by atoms with Gasteiger partial charge in [-0.05, 0) is 38.9 Å². The maximum absolute atomic E-state index is 6.19. The van der Waals surface area contributed by atoms with Crippen molar-refractivity contribution in [1.82, 2.24) is 14.7 Å². The van der Waals surface area contributed by atoms with E-state index in [4.69, 9.17) is 5.73 Å². The van der Waals surface area contributed by atoms with Crippen LogP contribution in [0.25, 0.3) is 0 Å². The zero-order valence-electron chi connectivity index (χ0n) is 14.1. The van der Waals surface area contributed by atoms with E-state index in [0.717, 1.165) is 38.7 Å². The van der Waals surface area contributed by atoms with Crippen LogP contribution in [0.5, 0.6) is 0 Å². The van der Waals surface area contributed by atoms with Gasteiger partial charge in [-0.1, -0.05) is 20.8 Å². The Kier molecular flexibility index (Phi) is 5.88. The molecule has 0 aromatic carbocycles. The molecule has 2 N–H and O–H groups in total. The molecule has 0 bridgehead atoms. The molecule has 1 saturated heterocycles. The fraction of sp³-hybridized carbons (Fsp3) is 0.938. The number of rotatable bonds is 7. The van der Waals surface area contributed by atoms with Gasteiger partial charge in [0.25, 0.3) is 0 Å². The molecule has 2 rings (SSSR count). The molecule has 0 radical (unpaired) electrons. The summed E-state index contributed by atoms with van der Waals surface area (Å²) >= 11 is 0. The molecule has 2 heterocycles. The van der Waals surface area contributed by atoms with E-state index in [1.54, 1.807) is 0 Å². The number of guanidine groups is 1. The molecule has 2 aliphatic rings. The average Bonchev–Trinajstić information content (AvgIpc) is 2.80. The van der Waals surface area contributed by atoms with Gasteiger partial charge in [-0.25, -0.2) is 0 Å². The fourth-order valence-corrected chi connectivity index (χ4v) is 3.71. The molecule has 21 heavy (non-hydrogen) atoms. The quantitative estimate of drug-likeness (QED) is 0.767. The van der Waals surface area contributed by atoms with E-state index in [2.05, 4.69) is 40.5 Å². The molecule has 0 aromatic rings. The van der Waals surface area contributed by atoms with Gasteiger partial charge in [-0.15, -0.1) is 0 Å². The number of nitrogens with two attached hydrogens (primary N) is 1. The molecule has 0 amide bonds. The number of piperidine rings is 1. The first-order valence-electron chi connectivity index (χ1n) is 8.67. The minimum absolute atomic E-state index is 0.210. The molecule has 0 saturated carbocycles. The predicted molar refractivity (Wildman–Crippen MR) is 89.7 cm³/mol. The topological polar surface area (TPSA) is 48.1 Å². The van der Waals surface area contributed by atoms with Crippen LogP contribution in [-0.2, 0) is 0 Å². The molecule has 0 aromatic heterocycles. The van der Waals surface area contributed by atoms with Crippen molar-refractivity contribution < 1.29 is 0 Å². The van der Waals surface area contributed by atoms with Crippen LogP contribution in [0.2, 0.25) is 0 Å². The van der Waals surface area contributed by atoms with Gasteiger partial charge in [0.1, 0.15) is 0 Å². The summed E-state index contributed by atoms with van der Waals surface area (Å²) in [6, 6.07) is 0. The van der Waals surface area contributed by atoms with E-state index in [9.17, 15) is 0 Å². The highest BCUT2D eigenvalue weighted by Gasteiger charge is 2.43. The lowest BCUT2D eigenvalue weighted by molar-refractivity contribution is 0.0795. The number of likely N-dealkylation sites (N-methyl/N-ethyl adjacent to an activating group) is 1. The Balaban J connectivity index is 1.93. The first-order chi connectivity index (χ1) is 10.1. The molecule has 0 aliphatic carbocycles. The fourth-order valence-electron chi connectivity index (χ4n) is 3.71. The highest BCUT2D eigenvalue weighted by atomic mass is 15.4. The van der Waals surface area contributed by atoms with E-state index < -0.39 is 0 Å². The van der Waals surface area contributed by atoms with Crippen molar-refractivity contribution in [2.75, 3.05) is 52.4 Å². The smallest absolute Gasteiger partial charge is 0.191 e. The van der Waals surface area contributed by atoms with E-state index in [1.165, 1.54) is 38.9 Å². The van der Waals surface area contributed by atoms with Gasteiger partial charge >= 0.3 is 0 Å². The highest BCUT2D eigenvalue weighted by Crippen LogP contribution is 2.32. The average molecular weight is 295 g/mol. The van der Waals surface area contributed by atoms with Crippen molar-refractivity contribution in [1.29, 1.82) is 0 Å². The Morgan fingerprint density at radius 3 is 2.38 bits per heavy atom. The molecule has 5 nitrogen and oxygen atoms in total. The molecule has 122 valence electrons. The maximum Gasteiger partial charge on any atom is 0.191 e. The first kappa shape index (κ1) is 16.6. The summed E-state index contributed by atoms with van der Waals surface area (Å²) in [6.45, 7) is 15.6. The van der Waals surface area contributed by atoms with Gasteiger partial charge in [0, 0.05) is 26.2 Å². The van der Waals surface area contributed by atoms with E-state index in [-0.39, 0.29) is 5.54 Å². The molecule has 1 fully saturated rings. The Hall–Kier alpha value is -0.810. The third-order valence-electron chi connectivity index (χ3n) is 5.25. The molecule has 0 atom stereocenters. The van der Waals surface area contributed by atoms with Crippen molar-refractivity contribution in [3.63, 3.8) is 0 Å². The van der Waals surface area contributed by atoms with Crippen LogP contribution in [0.1, 0.15) is 40.0 Å². The van der Waals surface area contributed by atoms with E-state index >= 15 is 0 Å². The summed E-state index contributed by atoms with van der Waals surface area (Å²) in [5.74, 6) is 0.770. The molecular formula is C16H33N5. The molecule has 2 aliphatic heterocycles. The first-order valence-corrected chi connectivity index (χ1v) is 8.67. The lowest BCUT2D eigenvalue weighted by atomic mass is 9.86. The van der Waals surface area contributed by atoms with Crippen LogP contribution < -0.4 is 5.73 Å². The number of likely N-dealkylation sites (tertiary alicyclic amines) is 1. The van der Waals surface area contributed by atoms with Crippen molar-refractivity contribution in [2.24, 2.45) is 10.7 Å². The van der Waals surface area contributed by atoms with Gasteiger partial charge in [-0.2, -0.15) is 0 Å². The zero-order valence-corrected chi connectivity index (χ0v) is 14.1. The number of aliphatic imine (C=N–C) groups is 1. The van der Waals surface area contributed by atoms with Crippen molar-refractivity contribution >= 4 is 5.96 Å². The van der Waals surface area contributed by atoms with Crippen LogP contribution in [0, 0.1) is 0 Å².